The largest absolute Gasteiger partial charge is 0.497 e. The van der Waals surface area contributed by atoms with Gasteiger partial charge in [0, 0.05) is 31.9 Å². The topological polar surface area (TPSA) is 63.5 Å². The number of benzene rings is 1. The van der Waals surface area contributed by atoms with E-state index in [2.05, 4.69) is 55.6 Å². The first kappa shape index (κ1) is 24.3. The summed E-state index contributed by atoms with van der Waals surface area (Å²) in [6, 6.07) is 8.42. The molecular formula is C21H34IN5O. The molecule has 7 heteroatoms. The summed E-state index contributed by atoms with van der Waals surface area (Å²) in [6.07, 6.45) is 1.82. The van der Waals surface area contributed by atoms with Crippen molar-refractivity contribution in [3.05, 3.63) is 46.8 Å². The number of hydrogen-bond acceptors (Lipinski definition) is 3. The molecule has 1 aromatic heterocycles. The first-order valence-corrected chi connectivity index (χ1v) is 9.61. The van der Waals surface area contributed by atoms with Gasteiger partial charge in [-0.15, -0.1) is 24.0 Å². The van der Waals surface area contributed by atoms with E-state index in [9.17, 15) is 0 Å². The van der Waals surface area contributed by atoms with E-state index in [4.69, 9.17) is 9.73 Å². The fourth-order valence-electron chi connectivity index (χ4n) is 3.11. The van der Waals surface area contributed by atoms with E-state index in [1.54, 1.807) is 7.11 Å². The van der Waals surface area contributed by atoms with E-state index in [0.717, 1.165) is 43.3 Å². The quantitative estimate of drug-likeness (QED) is 0.332. The van der Waals surface area contributed by atoms with Gasteiger partial charge < -0.3 is 15.4 Å². The summed E-state index contributed by atoms with van der Waals surface area (Å²) < 4.78 is 7.15. The zero-order chi connectivity index (χ0) is 19.8. The predicted octanol–water partition coefficient (Wildman–Crippen LogP) is 3.39. The number of methoxy groups -OCH3 is 1. The lowest BCUT2D eigenvalue weighted by Gasteiger charge is -2.18. The Bertz CT molecular complexity index is 755. The van der Waals surface area contributed by atoms with Crippen LogP contribution < -0.4 is 15.4 Å². The third kappa shape index (κ3) is 7.00. The molecule has 0 saturated carbocycles. The normalized spacial score (nSPS) is 12.3. The van der Waals surface area contributed by atoms with Crippen LogP contribution in [-0.4, -0.2) is 42.0 Å². The molecule has 156 valence electrons. The number of aliphatic imine (C=N–C) groups is 1. The van der Waals surface area contributed by atoms with Gasteiger partial charge in [-0.25, -0.2) is 0 Å². The van der Waals surface area contributed by atoms with Crippen LogP contribution >= 0.6 is 24.0 Å². The lowest BCUT2D eigenvalue weighted by Crippen LogP contribution is -2.43. The van der Waals surface area contributed by atoms with Gasteiger partial charge in [0.25, 0.3) is 0 Å². The summed E-state index contributed by atoms with van der Waals surface area (Å²) in [6.45, 7) is 10.0. The van der Waals surface area contributed by atoms with Crippen molar-refractivity contribution in [2.75, 3.05) is 20.2 Å². The average Bonchev–Trinajstić information content (AvgIpc) is 2.88. The van der Waals surface area contributed by atoms with E-state index in [0.29, 0.717) is 0 Å². The first-order valence-electron chi connectivity index (χ1n) is 9.61. The van der Waals surface area contributed by atoms with Crippen molar-refractivity contribution in [3.63, 3.8) is 0 Å². The highest BCUT2D eigenvalue weighted by molar-refractivity contribution is 14.0. The van der Waals surface area contributed by atoms with Crippen molar-refractivity contribution in [2.24, 2.45) is 12.0 Å². The molecule has 0 bridgehead atoms. The van der Waals surface area contributed by atoms with Crippen LogP contribution in [0.3, 0.4) is 0 Å². The fourth-order valence-corrected chi connectivity index (χ4v) is 3.11. The molecule has 28 heavy (non-hydrogen) atoms. The molecule has 1 unspecified atom stereocenters. The average molecular weight is 499 g/mol. The molecule has 0 saturated heterocycles. The van der Waals surface area contributed by atoms with Crippen molar-refractivity contribution < 1.29 is 4.74 Å². The molecule has 0 spiro atoms. The summed E-state index contributed by atoms with van der Waals surface area (Å²) in [5.74, 6) is 1.74. The smallest absolute Gasteiger partial charge is 0.191 e. The number of halogens is 1. The molecule has 1 heterocycles. The van der Waals surface area contributed by atoms with Gasteiger partial charge in [-0.2, -0.15) is 5.10 Å². The van der Waals surface area contributed by atoms with Gasteiger partial charge in [0.2, 0.25) is 0 Å². The van der Waals surface area contributed by atoms with Crippen LogP contribution in [0.1, 0.15) is 36.4 Å². The molecule has 0 amide bonds. The summed E-state index contributed by atoms with van der Waals surface area (Å²) in [5.41, 5.74) is 4.89. The summed E-state index contributed by atoms with van der Waals surface area (Å²) in [7, 11) is 3.68. The number of ether oxygens (including phenoxy) is 1. The van der Waals surface area contributed by atoms with Crippen LogP contribution in [0.5, 0.6) is 5.75 Å². The third-order valence-corrected chi connectivity index (χ3v) is 4.73. The highest BCUT2D eigenvalue weighted by Gasteiger charge is 2.13. The second-order valence-corrected chi connectivity index (χ2v) is 6.88. The van der Waals surface area contributed by atoms with Gasteiger partial charge in [0.05, 0.1) is 12.8 Å². The highest BCUT2D eigenvalue weighted by atomic mass is 127. The Morgan fingerprint density at radius 3 is 2.46 bits per heavy atom. The zero-order valence-corrected chi connectivity index (χ0v) is 20.2. The Morgan fingerprint density at radius 2 is 1.93 bits per heavy atom. The van der Waals surface area contributed by atoms with Gasteiger partial charge in [0.15, 0.2) is 5.96 Å². The molecular weight excluding hydrogens is 465 g/mol. The number of guanidine groups is 1. The van der Waals surface area contributed by atoms with Crippen LogP contribution in [0, 0.1) is 13.8 Å². The second kappa shape index (κ2) is 11.9. The van der Waals surface area contributed by atoms with Gasteiger partial charge in [0.1, 0.15) is 5.75 Å². The number of aryl methyl sites for hydroxylation is 2. The van der Waals surface area contributed by atoms with Gasteiger partial charge in [-0.1, -0.05) is 12.1 Å². The number of rotatable bonds is 8. The van der Waals surface area contributed by atoms with E-state index in [1.165, 1.54) is 16.8 Å². The summed E-state index contributed by atoms with van der Waals surface area (Å²) in [4.78, 5) is 4.73. The van der Waals surface area contributed by atoms with Crippen molar-refractivity contribution in [1.29, 1.82) is 0 Å². The standard InChI is InChI=1S/C21H33N5O.HI/c1-7-22-21(23-13-12-18-8-10-19(27-6)11-9-18)24-15(2)14-20-16(3)25-26(5)17(20)4;/h8-11,15H,7,12-14H2,1-6H3,(H2,22,23,24);1H. The van der Waals surface area contributed by atoms with Crippen molar-refractivity contribution in [3.8, 4) is 5.75 Å². The van der Waals surface area contributed by atoms with Crippen LogP contribution in [-0.2, 0) is 19.9 Å². The minimum atomic E-state index is 0. The second-order valence-electron chi connectivity index (χ2n) is 6.88. The van der Waals surface area contributed by atoms with Crippen LogP contribution in [0.4, 0.5) is 0 Å². The number of nitrogens with one attached hydrogen (secondary N) is 2. The summed E-state index contributed by atoms with van der Waals surface area (Å²) >= 11 is 0. The third-order valence-electron chi connectivity index (χ3n) is 4.73. The monoisotopic (exact) mass is 499 g/mol. The number of nitrogens with zero attached hydrogens (tertiary/aromatic N) is 3. The molecule has 1 aromatic carbocycles. The Morgan fingerprint density at radius 1 is 1.25 bits per heavy atom. The Kier molecular flexibility index (Phi) is 10.3. The molecule has 0 fully saturated rings. The number of hydrogen-bond donors (Lipinski definition) is 2. The zero-order valence-electron chi connectivity index (χ0n) is 17.9. The Labute approximate surface area is 186 Å². The molecule has 2 N–H and O–H groups in total. The lowest BCUT2D eigenvalue weighted by atomic mass is 10.1. The SMILES string of the molecule is CCNC(=NCCc1ccc(OC)cc1)NC(C)Cc1c(C)nn(C)c1C.I. The molecule has 0 radical (unpaired) electrons. The molecule has 1 atom stereocenters. The maximum Gasteiger partial charge on any atom is 0.191 e. The molecule has 0 aliphatic carbocycles. The van der Waals surface area contributed by atoms with E-state index in [-0.39, 0.29) is 30.0 Å². The Hall–Kier alpha value is -1.77. The van der Waals surface area contributed by atoms with E-state index in [1.807, 2.05) is 23.9 Å². The lowest BCUT2D eigenvalue weighted by molar-refractivity contribution is 0.414. The van der Waals surface area contributed by atoms with Crippen molar-refractivity contribution in [1.82, 2.24) is 20.4 Å². The van der Waals surface area contributed by atoms with Crippen LogP contribution in [0.15, 0.2) is 29.3 Å². The highest BCUT2D eigenvalue weighted by Crippen LogP contribution is 2.14. The molecule has 2 aromatic rings. The summed E-state index contributed by atoms with van der Waals surface area (Å²) in [5, 5.41) is 11.4. The van der Waals surface area contributed by atoms with E-state index < -0.39 is 0 Å². The number of aromatic nitrogens is 2. The van der Waals surface area contributed by atoms with Crippen LogP contribution in [0.25, 0.3) is 0 Å². The predicted molar refractivity (Wildman–Crippen MR) is 127 cm³/mol. The maximum atomic E-state index is 5.20. The Balaban J connectivity index is 0.00000392. The molecule has 0 aliphatic heterocycles. The fraction of sp³-hybridized carbons (Fsp3) is 0.524. The minimum Gasteiger partial charge on any atom is -0.497 e. The molecule has 0 aliphatic rings. The van der Waals surface area contributed by atoms with Gasteiger partial charge in [-0.3, -0.25) is 9.67 Å². The van der Waals surface area contributed by atoms with Gasteiger partial charge in [-0.05, 0) is 63.8 Å². The van der Waals surface area contributed by atoms with Gasteiger partial charge >= 0.3 is 0 Å². The van der Waals surface area contributed by atoms with Crippen molar-refractivity contribution >= 4 is 29.9 Å². The van der Waals surface area contributed by atoms with E-state index >= 15 is 0 Å². The minimum absolute atomic E-state index is 0. The maximum absolute atomic E-state index is 5.20. The first-order chi connectivity index (χ1) is 12.9. The molecule has 2 rings (SSSR count). The molecule has 6 nitrogen and oxygen atoms in total. The van der Waals surface area contributed by atoms with Crippen LogP contribution in [0.2, 0.25) is 0 Å². The van der Waals surface area contributed by atoms with Crippen molar-refractivity contribution in [2.45, 2.75) is 46.6 Å².